The van der Waals surface area contributed by atoms with Gasteiger partial charge in [-0.1, -0.05) is 6.92 Å². The summed E-state index contributed by atoms with van der Waals surface area (Å²) >= 11 is 0. The Morgan fingerprint density at radius 1 is 1.12 bits per heavy atom. The van der Waals surface area contributed by atoms with E-state index in [1.54, 1.807) is 47.6 Å². The lowest BCUT2D eigenvalue weighted by Gasteiger charge is -2.62. The van der Waals surface area contributed by atoms with E-state index in [4.69, 9.17) is 4.74 Å². The van der Waals surface area contributed by atoms with Crippen LogP contribution in [0.15, 0.2) is 49.1 Å². The van der Waals surface area contributed by atoms with E-state index < -0.39 is 17.8 Å². The number of hydrogen-bond acceptors (Lipinski definition) is 6. The second kappa shape index (κ2) is 7.80. The molecule has 1 aromatic carbocycles. The lowest BCUT2D eigenvalue weighted by molar-refractivity contribution is -0.164. The summed E-state index contributed by atoms with van der Waals surface area (Å²) in [5, 5.41) is 18.9. The fraction of sp³-hybridized carbons (Fsp3) is 0.480. The normalized spacial score (nSPS) is 32.0. The molecule has 33 heavy (non-hydrogen) atoms. The molecule has 8 heteroatoms. The van der Waals surface area contributed by atoms with Crippen LogP contribution in [0.2, 0.25) is 0 Å². The Morgan fingerprint density at radius 3 is 2.61 bits per heavy atom. The number of halogens is 1. The van der Waals surface area contributed by atoms with Crippen molar-refractivity contribution in [2.75, 3.05) is 7.05 Å². The number of aromatic hydroxyl groups is 1. The van der Waals surface area contributed by atoms with Crippen molar-refractivity contribution in [3.8, 4) is 28.6 Å². The topological polar surface area (TPSA) is 76.3 Å². The lowest BCUT2D eigenvalue weighted by atomic mass is 9.64. The molecule has 2 aliphatic rings. The molecule has 0 spiro atoms. The molecular formula is C25H30FN5O2. The molecule has 2 saturated heterocycles. The maximum atomic E-state index is 15.7. The van der Waals surface area contributed by atoms with Crippen LogP contribution in [-0.4, -0.2) is 60.2 Å². The first-order valence-electron chi connectivity index (χ1n) is 11.4. The minimum absolute atomic E-state index is 0.0890. The van der Waals surface area contributed by atoms with Crippen molar-refractivity contribution < 1.29 is 14.2 Å². The average Bonchev–Trinajstić information content (AvgIpc) is 3.31. The van der Waals surface area contributed by atoms with Gasteiger partial charge < -0.3 is 14.4 Å². The molecule has 2 aromatic heterocycles. The predicted molar refractivity (Wildman–Crippen MR) is 123 cm³/mol. The number of alkyl halides is 1. The molecule has 7 nitrogen and oxygen atoms in total. The number of phenolic OH excluding ortho intramolecular Hbond substituents is 1. The number of benzene rings is 1. The van der Waals surface area contributed by atoms with Crippen LogP contribution in [0, 0.1) is 5.92 Å². The van der Waals surface area contributed by atoms with Gasteiger partial charge in [0.2, 0.25) is 5.88 Å². The van der Waals surface area contributed by atoms with Crippen LogP contribution in [0.5, 0.6) is 11.6 Å². The predicted octanol–water partition coefficient (Wildman–Crippen LogP) is 4.40. The number of phenols is 1. The van der Waals surface area contributed by atoms with Crippen molar-refractivity contribution in [1.82, 2.24) is 24.6 Å². The van der Waals surface area contributed by atoms with Gasteiger partial charge in [-0.15, -0.1) is 10.2 Å². The Morgan fingerprint density at radius 2 is 1.94 bits per heavy atom. The standard InChI is InChI=1S/C25H30FN5O2/c1-16-12-24(2)14-21(23(26)25(3,13-16)30(24)4)33-22-8-7-19(28-29-22)18-6-5-17(11-20(18)32)31-10-9-27-15-31/h5-11,15-16,21,23,32H,12-14H2,1-4H3/t16-,21+,23-,24+,25-/m1/s1. The molecule has 3 aromatic rings. The van der Waals surface area contributed by atoms with E-state index in [1.165, 1.54) is 0 Å². The smallest absolute Gasteiger partial charge is 0.233 e. The molecule has 2 bridgehead atoms. The number of hydrogen-bond donors (Lipinski definition) is 1. The highest BCUT2D eigenvalue weighted by atomic mass is 19.1. The van der Waals surface area contributed by atoms with E-state index in [0.717, 1.165) is 18.5 Å². The molecule has 1 N–H and O–H groups in total. The van der Waals surface area contributed by atoms with Crippen LogP contribution in [0.1, 0.15) is 40.0 Å². The summed E-state index contributed by atoms with van der Waals surface area (Å²) in [6.45, 7) is 6.42. The average molecular weight is 452 g/mol. The number of aromatic nitrogens is 4. The summed E-state index contributed by atoms with van der Waals surface area (Å²) < 4.78 is 23.5. The summed E-state index contributed by atoms with van der Waals surface area (Å²) in [6.07, 6.45) is 5.87. The number of imidazole rings is 1. The fourth-order valence-electron chi connectivity index (χ4n) is 5.97. The van der Waals surface area contributed by atoms with E-state index in [2.05, 4.69) is 33.9 Å². The van der Waals surface area contributed by atoms with Crippen molar-refractivity contribution in [2.45, 2.75) is 63.4 Å². The van der Waals surface area contributed by atoms with Crippen LogP contribution < -0.4 is 4.74 Å². The Kier molecular flexibility index (Phi) is 5.16. The van der Waals surface area contributed by atoms with Crippen LogP contribution in [-0.2, 0) is 0 Å². The van der Waals surface area contributed by atoms with E-state index in [0.29, 0.717) is 29.5 Å². The summed E-state index contributed by atoms with van der Waals surface area (Å²) in [5.41, 5.74) is 1.19. The summed E-state index contributed by atoms with van der Waals surface area (Å²) in [7, 11) is 2.04. The molecule has 4 heterocycles. The van der Waals surface area contributed by atoms with Gasteiger partial charge in [0, 0.05) is 42.0 Å². The van der Waals surface area contributed by atoms with Gasteiger partial charge in [0.05, 0.1) is 23.2 Å². The zero-order valence-corrected chi connectivity index (χ0v) is 19.4. The largest absolute Gasteiger partial charge is 0.507 e. The first kappa shape index (κ1) is 21.8. The molecule has 2 fully saturated rings. The lowest BCUT2D eigenvalue weighted by Crippen LogP contribution is -2.72. The summed E-state index contributed by atoms with van der Waals surface area (Å²) in [6, 6.07) is 8.74. The highest BCUT2D eigenvalue weighted by Gasteiger charge is 2.59. The van der Waals surface area contributed by atoms with Gasteiger partial charge in [0.25, 0.3) is 0 Å². The summed E-state index contributed by atoms with van der Waals surface area (Å²) in [4.78, 5) is 6.24. The van der Waals surface area contributed by atoms with Gasteiger partial charge in [0.15, 0.2) is 6.17 Å². The molecule has 2 aliphatic heterocycles. The van der Waals surface area contributed by atoms with Gasteiger partial charge in [0.1, 0.15) is 11.9 Å². The van der Waals surface area contributed by atoms with Gasteiger partial charge in [-0.25, -0.2) is 9.37 Å². The fourth-order valence-corrected chi connectivity index (χ4v) is 5.97. The Hall–Kier alpha value is -3.00. The molecular weight excluding hydrogens is 421 g/mol. The van der Waals surface area contributed by atoms with Gasteiger partial charge in [-0.05, 0) is 57.9 Å². The van der Waals surface area contributed by atoms with Crippen molar-refractivity contribution in [3.63, 3.8) is 0 Å². The molecule has 0 amide bonds. The summed E-state index contributed by atoms with van der Waals surface area (Å²) in [5.74, 6) is 0.859. The zero-order valence-electron chi connectivity index (χ0n) is 19.4. The number of rotatable bonds is 4. The molecule has 0 radical (unpaired) electrons. The van der Waals surface area contributed by atoms with Crippen molar-refractivity contribution in [3.05, 3.63) is 49.1 Å². The maximum Gasteiger partial charge on any atom is 0.233 e. The van der Waals surface area contributed by atoms with Crippen LogP contribution >= 0.6 is 0 Å². The van der Waals surface area contributed by atoms with Crippen LogP contribution in [0.3, 0.4) is 0 Å². The quantitative estimate of drug-likeness (QED) is 0.634. The Bertz CT molecular complexity index is 1140. The molecule has 174 valence electrons. The molecule has 5 atom stereocenters. The monoisotopic (exact) mass is 451 g/mol. The van der Waals surface area contributed by atoms with Crippen LogP contribution in [0.25, 0.3) is 16.9 Å². The van der Waals surface area contributed by atoms with Crippen LogP contribution in [0.4, 0.5) is 4.39 Å². The van der Waals surface area contributed by atoms with E-state index in [1.807, 2.05) is 20.0 Å². The van der Waals surface area contributed by atoms with E-state index >= 15 is 4.39 Å². The number of nitrogens with zero attached hydrogens (tertiary/aromatic N) is 5. The molecule has 0 saturated carbocycles. The van der Waals surface area contributed by atoms with Gasteiger partial charge in [-0.3, -0.25) is 4.90 Å². The maximum absolute atomic E-state index is 15.7. The van der Waals surface area contributed by atoms with Crippen molar-refractivity contribution in [2.24, 2.45) is 5.92 Å². The number of fused-ring (bicyclic) bond motifs is 2. The second-order valence-electron chi connectivity index (χ2n) is 10.1. The Balaban J connectivity index is 1.35. The number of ether oxygens (including phenoxy) is 1. The van der Waals surface area contributed by atoms with Crippen molar-refractivity contribution >= 4 is 0 Å². The third-order valence-corrected chi connectivity index (χ3v) is 7.66. The Labute approximate surface area is 193 Å². The first-order chi connectivity index (χ1) is 15.7. The van der Waals surface area contributed by atoms with E-state index in [-0.39, 0.29) is 11.3 Å². The molecule has 5 rings (SSSR count). The third kappa shape index (κ3) is 3.66. The van der Waals surface area contributed by atoms with Gasteiger partial charge in [-0.2, -0.15) is 0 Å². The van der Waals surface area contributed by atoms with E-state index in [9.17, 15) is 5.11 Å². The highest BCUT2D eigenvalue weighted by Crippen LogP contribution is 2.50. The SMILES string of the molecule is C[C@@H]1C[C@@]2(C)C[C@H](Oc3ccc(-c4ccc(-n5ccnc5)cc4O)nn3)[C@@H](F)[C@@](C)(C1)N2C. The molecule has 0 unspecified atom stereocenters. The third-order valence-electron chi connectivity index (χ3n) is 7.66. The minimum atomic E-state index is -1.13. The van der Waals surface area contributed by atoms with Gasteiger partial charge >= 0.3 is 0 Å². The first-order valence-corrected chi connectivity index (χ1v) is 11.4. The zero-order chi connectivity index (χ0) is 23.4. The number of piperidine rings is 2. The second-order valence-corrected chi connectivity index (χ2v) is 10.1. The van der Waals surface area contributed by atoms with Crippen molar-refractivity contribution in [1.29, 1.82) is 0 Å². The minimum Gasteiger partial charge on any atom is -0.507 e. The molecule has 0 aliphatic carbocycles. The highest BCUT2D eigenvalue weighted by molar-refractivity contribution is 5.68.